The number of halogens is 2. The fraction of sp³-hybridized carbons (Fsp3) is 0.0714. The van der Waals surface area contributed by atoms with Crippen LogP contribution in [0.5, 0.6) is 0 Å². The van der Waals surface area contributed by atoms with Crippen LogP contribution in [0.25, 0.3) is 22.4 Å². The molecule has 2 heterocycles. The van der Waals surface area contributed by atoms with Crippen molar-refractivity contribution in [1.29, 1.82) is 0 Å². The molecule has 0 aliphatic rings. The van der Waals surface area contributed by atoms with Crippen LogP contribution in [0.3, 0.4) is 0 Å². The number of nitrogens with zero attached hydrogens (tertiary/aromatic N) is 2. The van der Waals surface area contributed by atoms with Gasteiger partial charge in [0.1, 0.15) is 11.6 Å². The molecule has 3 aromatic rings. The summed E-state index contributed by atoms with van der Waals surface area (Å²) >= 11 is 0. The first-order valence-corrected chi connectivity index (χ1v) is 5.88. The van der Waals surface area contributed by atoms with Crippen molar-refractivity contribution in [1.82, 2.24) is 15.0 Å². The van der Waals surface area contributed by atoms with E-state index >= 15 is 0 Å². The van der Waals surface area contributed by atoms with E-state index < -0.39 is 17.3 Å². The number of benzene rings is 1. The zero-order valence-electron chi connectivity index (χ0n) is 10.4. The van der Waals surface area contributed by atoms with Crippen molar-refractivity contribution in [2.45, 2.75) is 6.92 Å². The molecule has 1 N–H and O–H groups in total. The van der Waals surface area contributed by atoms with Crippen molar-refractivity contribution < 1.29 is 8.78 Å². The molecule has 6 heteroatoms. The molecule has 100 valence electrons. The number of H-pyrrole nitrogens is 1. The van der Waals surface area contributed by atoms with Gasteiger partial charge in [-0.25, -0.2) is 9.37 Å². The third kappa shape index (κ3) is 2.05. The summed E-state index contributed by atoms with van der Waals surface area (Å²) in [7, 11) is 0. The second-order valence-corrected chi connectivity index (χ2v) is 4.40. The van der Waals surface area contributed by atoms with Crippen molar-refractivity contribution in [3.63, 3.8) is 0 Å². The van der Waals surface area contributed by atoms with Gasteiger partial charge in [-0.15, -0.1) is 0 Å². The van der Waals surface area contributed by atoms with Gasteiger partial charge in [-0.05, 0) is 31.2 Å². The molecular weight excluding hydrogens is 264 g/mol. The lowest BCUT2D eigenvalue weighted by molar-refractivity contribution is 0.588. The molecule has 0 saturated heterocycles. The topological polar surface area (TPSA) is 58.6 Å². The Bertz CT molecular complexity index is 874. The molecule has 0 unspecified atom stereocenters. The summed E-state index contributed by atoms with van der Waals surface area (Å²) < 4.78 is 26.9. The summed E-state index contributed by atoms with van der Waals surface area (Å²) in [5.41, 5.74) is 0.425. The highest BCUT2D eigenvalue weighted by Gasteiger charge is 2.11. The Morgan fingerprint density at radius 1 is 1.10 bits per heavy atom. The first-order chi connectivity index (χ1) is 9.54. The number of hydrogen-bond donors (Lipinski definition) is 1. The minimum atomic E-state index is -0.744. The standard InChI is InChI=1S/C14H9F2N3O/c1-7-2-4-10(15)9(6-7)13-18-12-8(14(20)19-13)3-5-11(16)17-12/h2-6H,1H3,(H,17,18,19,20). The molecule has 1 aromatic carbocycles. The van der Waals surface area contributed by atoms with Gasteiger partial charge in [0.25, 0.3) is 5.56 Å². The molecule has 2 aromatic heterocycles. The molecule has 0 fully saturated rings. The average molecular weight is 273 g/mol. The highest BCUT2D eigenvalue weighted by Crippen LogP contribution is 2.20. The molecule has 0 spiro atoms. The van der Waals surface area contributed by atoms with E-state index in [-0.39, 0.29) is 22.4 Å². The van der Waals surface area contributed by atoms with E-state index in [1.54, 1.807) is 19.1 Å². The summed E-state index contributed by atoms with van der Waals surface area (Å²) in [6.45, 7) is 1.79. The summed E-state index contributed by atoms with van der Waals surface area (Å²) in [5, 5.41) is 0.156. The second kappa shape index (κ2) is 4.48. The Morgan fingerprint density at radius 3 is 2.70 bits per heavy atom. The maximum atomic E-state index is 13.8. The van der Waals surface area contributed by atoms with E-state index in [1.165, 1.54) is 12.1 Å². The minimum Gasteiger partial charge on any atom is -0.306 e. The van der Waals surface area contributed by atoms with Crippen LogP contribution < -0.4 is 5.56 Å². The zero-order chi connectivity index (χ0) is 14.3. The van der Waals surface area contributed by atoms with E-state index in [1.807, 2.05) is 0 Å². The number of pyridine rings is 1. The van der Waals surface area contributed by atoms with Gasteiger partial charge in [0.05, 0.1) is 10.9 Å². The predicted molar refractivity (Wildman–Crippen MR) is 70.2 cm³/mol. The van der Waals surface area contributed by atoms with E-state index in [4.69, 9.17) is 0 Å². The monoisotopic (exact) mass is 273 g/mol. The summed E-state index contributed by atoms with van der Waals surface area (Å²) in [6.07, 6.45) is 0. The van der Waals surface area contributed by atoms with Crippen molar-refractivity contribution in [2.24, 2.45) is 0 Å². The Labute approximate surface area is 112 Å². The van der Waals surface area contributed by atoms with Crippen LogP contribution in [0.4, 0.5) is 8.78 Å². The van der Waals surface area contributed by atoms with Crippen molar-refractivity contribution in [2.75, 3.05) is 0 Å². The molecule has 0 bridgehead atoms. The normalized spacial score (nSPS) is 10.9. The Morgan fingerprint density at radius 2 is 1.90 bits per heavy atom. The third-order valence-corrected chi connectivity index (χ3v) is 2.91. The molecule has 0 radical (unpaired) electrons. The number of fused-ring (bicyclic) bond motifs is 1. The molecule has 0 saturated carbocycles. The lowest BCUT2D eigenvalue weighted by Gasteiger charge is -2.05. The van der Waals surface area contributed by atoms with Crippen LogP contribution in [-0.2, 0) is 0 Å². The predicted octanol–water partition coefficient (Wildman–Crippen LogP) is 2.57. The van der Waals surface area contributed by atoms with Gasteiger partial charge in [-0.1, -0.05) is 11.6 Å². The van der Waals surface area contributed by atoms with Gasteiger partial charge in [0.2, 0.25) is 5.95 Å². The smallest absolute Gasteiger partial charge is 0.260 e. The fourth-order valence-corrected chi connectivity index (χ4v) is 1.94. The maximum absolute atomic E-state index is 13.8. The van der Waals surface area contributed by atoms with Gasteiger partial charge in [0.15, 0.2) is 5.65 Å². The van der Waals surface area contributed by atoms with E-state index in [0.717, 1.165) is 11.6 Å². The lowest BCUT2D eigenvalue weighted by Crippen LogP contribution is -2.11. The fourth-order valence-electron chi connectivity index (χ4n) is 1.94. The maximum Gasteiger partial charge on any atom is 0.260 e. The number of rotatable bonds is 1. The SMILES string of the molecule is Cc1ccc(F)c(-c2nc3nc(F)ccc3c(=O)[nH]2)c1. The lowest BCUT2D eigenvalue weighted by atomic mass is 10.1. The quantitative estimate of drug-likeness (QED) is 0.693. The number of aryl methyl sites for hydroxylation is 1. The first-order valence-electron chi connectivity index (χ1n) is 5.88. The van der Waals surface area contributed by atoms with Gasteiger partial charge >= 0.3 is 0 Å². The number of aromatic nitrogens is 3. The highest BCUT2D eigenvalue weighted by molar-refractivity contribution is 5.75. The molecule has 0 amide bonds. The molecular formula is C14H9F2N3O. The Hall–Kier alpha value is -2.63. The van der Waals surface area contributed by atoms with Crippen LogP contribution >= 0.6 is 0 Å². The first kappa shape index (κ1) is 12.4. The molecule has 0 atom stereocenters. The third-order valence-electron chi connectivity index (χ3n) is 2.91. The molecule has 0 aliphatic carbocycles. The summed E-state index contributed by atoms with van der Waals surface area (Å²) in [5.74, 6) is -1.23. The number of hydrogen-bond acceptors (Lipinski definition) is 3. The second-order valence-electron chi connectivity index (χ2n) is 4.40. The molecule has 0 aliphatic heterocycles. The van der Waals surface area contributed by atoms with Gasteiger partial charge < -0.3 is 4.98 Å². The van der Waals surface area contributed by atoms with Gasteiger partial charge in [-0.2, -0.15) is 9.37 Å². The molecule has 20 heavy (non-hydrogen) atoms. The molecule has 3 rings (SSSR count). The summed E-state index contributed by atoms with van der Waals surface area (Å²) in [4.78, 5) is 22.0. The number of aromatic amines is 1. The van der Waals surface area contributed by atoms with Gasteiger partial charge in [-0.3, -0.25) is 4.79 Å². The van der Waals surface area contributed by atoms with Crippen LogP contribution in [0.2, 0.25) is 0 Å². The Kier molecular flexibility index (Phi) is 2.78. The van der Waals surface area contributed by atoms with Gasteiger partial charge in [0, 0.05) is 0 Å². The average Bonchev–Trinajstić information content (AvgIpc) is 2.41. The van der Waals surface area contributed by atoms with Crippen molar-refractivity contribution in [3.8, 4) is 11.4 Å². The minimum absolute atomic E-state index is 0.0294. The van der Waals surface area contributed by atoms with E-state index in [2.05, 4.69) is 15.0 Å². The van der Waals surface area contributed by atoms with Crippen LogP contribution in [0.15, 0.2) is 35.1 Å². The molecule has 4 nitrogen and oxygen atoms in total. The van der Waals surface area contributed by atoms with Crippen molar-refractivity contribution in [3.05, 3.63) is 58.0 Å². The highest BCUT2D eigenvalue weighted by atomic mass is 19.1. The summed E-state index contributed by atoms with van der Waals surface area (Å²) in [6, 6.07) is 6.81. The van der Waals surface area contributed by atoms with Crippen molar-refractivity contribution >= 4 is 11.0 Å². The van der Waals surface area contributed by atoms with E-state index in [0.29, 0.717) is 0 Å². The van der Waals surface area contributed by atoms with Crippen LogP contribution in [0.1, 0.15) is 5.56 Å². The number of nitrogens with one attached hydrogen (secondary N) is 1. The Balaban J connectivity index is 2.32. The largest absolute Gasteiger partial charge is 0.306 e. The van der Waals surface area contributed by atoms with E-state index in [9.17, 15) is 13.6 Å². The van der Waals surface area contributed by atoms with Crippen LogP contribution in [-0.4, -0.2) is 15.0 Å². The zero-order valence-corrected chi connectivity index (χ0v) is 10.4. The van der Waals surface area contributed by atoms with Crippen LogP contribution in [0, 0.1) is 18.7 Å².